The van der Waals surface area contributed by atoms with Crippen molar-refractivity contribution in [2.75, 3.05) is 0 Å². The first kappa shape index (κ1) is 12.8. The Labute approximate surface area is 107 Å². The number of hydrogen-bond donors (Lipinski definition) is 1. The molecule has 0 radical (unpaired) electrons. The lowest BCUT2D eigenvalue weighted by atomic mass is 9.70. The van der Waals surface area contributed by atoms with Crippen molar-refractivity contribution < 1.29 is 9.50 Å². The van der Waals surface area contributed by atoms with Crippen molar-refractivity contribution in [3.05, 3.63) is 34.6 Å². The lowest BCUT2D eigenvalue weighted by molar-refractivity contribution is -0.0361. The van der Waals surface area contributed by atoms with Crippen LogP contribution in [0.5, 0.6) is 0 Å². The zero-order chi connectivity index (χ0) is 12.6. The second kappa shape index (κ2) is 4.58. The van der Waals surface area contributed by atoms with Crippen molar-refractivity contribution in [3.63, 3.8) is 0 Å². The van der Waals surface area contributed by atoms with Crippen LogP contribution in [0.15, 0.2) is 18.2 Å². The first-order valence-electron chi connectivity index (χ1n) is 6.10. The van der Waals surface area contributed by atoms with Crippen LogP contribution >= 0.6 is 11.6 Å². The molecule has 3 heteroatoms. The molecule has 1 aromatic carbocycles. The molecule has 0 heterocycles. The minimum atomic E-state index is -1.03. The Bertz CT molecular complexity index is 421. The van der Waals surface area contributed by atoms with Gasteiger partial charge in [-0.05, 0) is 43.2 Å². The van der Waals surface area contributed by atoms with Crippen molar-refractivity contribution in [1.29, 1.82) is 0 Å². The number of halogens is 2. The Morgan fingerprint density at radius 2 is 2.06 bits per heavy atom. The van der Waals surface area contributed by atoms with Crippen molar-refractivity contribution in [2.24, 2.45) is 11.8 Å². The Morgan fingerprint density at radius 1 is 1.35 bits per heavy atom. The molecule has 0 bridgehead atoms. The highest BCUT2D eigenvalue weighted by Crippen LogP contribution is 2.43. The molecule has 1 saturated carbocycles. The quantitative estimate of drug-likeness (QED) is 0.801. The van der Waals surface area contributed by atoms with Gasteiger partial charge in [0.25, 0.3) is 0 Å². The van der Waals surface area contributed by atoms with E-state index in [0.717, 1.165) is 6.42 Å². The van der Waals surface area contributed by atoms with E-state index in [4.69, 9.17) is 11.6 Å². The van der Waals surface area contributed by atoms with Crippen LogP contribution in [-0.4, -0.2) is 5.11 Å². The predicted molar refractivity (Wildman–Crippen MR) is 67.5 cm³/mol. The summed E-state index contributed by atoms with van der Waals surface area (Å²) in [5, 5.41) is 11.0. The van der Waals surface area contributed by atoms with Gasteiger partial charge < -0.3 is 5.11 Å². The molecule has 0 amide bonds. The third-order valence-electron chi connectivity index (χ3n) is 4.08. The van der Waals surface area contributed by atoms with Crippen LogP contribution in [0.4, 0.5) is 4.39 Å². The van der Waals surface area contributed by atoms with Gasteiger partial charge >= 0.3 is 0 Å². The lowest BCUT2D eigenvalue weighted by Gasteiger charge is -2.39. The Kier molecular flexibility index (Phi) is 3.46. The van der Waals surface area contributed by atoms with E-state index < -0.39 is 11.4 Å². The molecule has 3 atom stereocenters. The van der Waals surface area contributed by atoms with Crippen LogP contribution in [0, 0.1) is 17.7 Å². The van der Waals surface area contributed by atoms with Crippen molar-refractivity contribution in [2.45, 2.75) is 38.7 Å². The van der Waals surface area contributed by atoms with E-state index in [9.17, 15) is 9.50 Å². The maximum absolute atomic E-state index is 13.9. The molecule has 3 unspecified atom stereocenters. The van der Waals surface area contributed by atoms with Gasteiger partial charge in [0.05, 0.1) is 5.60 Å². The van der Waals surface area contributed by atoms with Gasteiger partial charge in [0, 0.05) is 10.6 Å². The summed E-state index contributed by atoms with van der Waals surface area (Å²) < 4.78 is 13.9. The monoisotopic (exact) mass is 256 g/mol. The first-order chi connectivity index (χ1) is 7.92. The summed E-state index contributed by atoms with van der Waals surface area (Å²) in [5.41, 5.74) is -0.638. The molecule has 1 aromatic rings. The van der Waals surface area contributed by atoms with Gasteiger partial charge in [0.2, 0.25) is 0 Å². The fourth-order valence-electron chi connectivity index (χ4n) is 2.70. The van der Waals surface area contributed by atoms with Crippen LogP contribution in [0.25, 0.3) is 0 Å². The molecule has 0 aromatic heterocycles. The van der Waals surface area contributed by atoms with Crippen LogP contribution in [0.1, 0.15) is 38.7 Å². The number of rotatable bonds is 1. The highest BCUT2D eigenvalue weighted by atomic mass is 35.5. The van der Waals surface area contributed by atoms with E-state index in [-0.39, 0.29) is 0 Å². The molecule has 0 spiro atoms. The summed E-state index contributed by atoms with van der Waals surface area (Å²) >= 11 is 5.73. The molecule has 1 fully saturated rings. The van der Waals surface area contributed by atoms with Crippen LogP contribution in [0.3, 0.4) is 0 Å². The largest absolute Gasteiger partial charge is 0.385 e. The zero-order valence-corrected chi connectivity index (χ0v) is 11.0. The Morgan fingerprint density at radius 3 is 2.65 bits per heavy atom. The summed E-state index contributed by atoms with van der Waals surface area (Å²) in [4.78, 5) is 0. The molecule has 94 valence electrons. The van der Waals surface area contributed by atoms with Crippen LogP contribution in [-0.2, 0) is 5.60 Å². The molecule has 17 heavy (non-hydrogen) atoms. The molecular formula is C14H18ClFO. The van der Waals surface area contributed by atoms with Crippen LogP contribution < -0.4 is 0 Å². The van der Waals surface area contributed by atoms with E-state index in [0.29, 0.717) is 35.3 Å². The van der Waals surface area contributed by atoms with E-state index in [1.807, 2.05) is 0 Å². The molecule has 1 N–H and O–H groups in total. The second-order valence-corrected chi connectivity index (χ2v) is 5.79. The molecule has 2 rings (SSSR count). The minimum absolute atomic E-state index is 0.368. The third kappa shape index (κ3) is 2.48. The van der Waals surface area contributed by atoms with Gasteiger partial charge in [0.15, 0.2) is 0 Å². The third-order valence-corrected chi connectivity index (χ3v) is 4.31. The SMILES string of the molecule is CC1CCC(O)(c2ccc(Cl)cc2F)CC1C. The molecule has 1 nitrogen and oxygen atoms in total. The van der Waals surface area contributed by atoms with Gasteiger partial charge in [-0.25, -0.2) is 4.39 Å². The van der Waals surface area contributed by atoms with E-state index >= 15 is 0 Å². The van der Waals surface area contributed by atoms with Gasteiger partial charge in [-0.1, -0.05) is 31.5 Å². The molecule has 1 aliphatic carbocycles. The summed E-state index contributed by atoms with van der Waals surface area (Å²) in [6.45, 7) is 4.30. The number of hydrogen-bond acceptors (Lipinski definition) is 1. The Hall–Kier alpha value is -0.600. The van der Waals surface area contributed by atoms with Crippen LogP contribution in [0.2, 0.25) is 5.02 Å². The highest BCUT2D eigenvalue weighted by Gasteiger charge is 2.38. The average Bonchev–Trinajstić information content (AvgIpc) is 2.24. The van der Waals surface area contributed by atoms with Crippen molar-refractivity contribution >= 4 is 11.6 Å². The van der Waals surface area contributed by atoms with E-state index in [1.54, 1.807) is 12.1 Å². The zero-order valence-electron chi connectivity index (χ0n) is 10.2. The van der Waals surface area contributed by atoms with Crippen molar-refractivity contribution in [1.82, 2.24) is 0 Å². The fraction of sp³-hybridized carbons (Fsp3) is 0.571. The first-order valence-corrected chi connectivity index (χ1v) is 6.48. The molecular weight excluding hydrogens is 239 g/mol. The summed E-state index contributed by atoms with van der Waals surface area (Å²) in [6, 6.07) is 4.53. The number of aliphatic hydroxyl groups is 1. The lowest BCUT2D eigenvalue weighted by Crippen LogP contribution is -2.36. The predicted octanol–water partition coefficient (Wildman–Crippen LogP) is 4.12. The Balaban J connectivity index is 2.32. The minimum Gasteiger partial charge on any atom is -0.385 e. The smallest absolute Gasteiger partial charge is 0.130 e. The van der Waals surface area contributed by atoms with Gasteiger partial charge in [0.1, 0.15) is 5.82 Å². The number of benzene rings is 1. The topological polar surface area (TPSA) is 20.2 Å². The van der Waals surface area contributed by atoms with Gasteiger partial charge in [-0.2, -0.15) is 0 Å². The highest BCUT2D eigenvalue weighted by molar-refractivity contribution is 6.30. The standard InChI is InChI=1S/C14H18ClFO/c1-9-5-6-14(17,8-10(9)2)12-4-3-11(15)7-13(12)16/h3-4,7,9-10,17H,5-6,8H2,1-2H3. The summed E-state index contributed by atoms with van der Waals surface area (Å²) in [7, 11) is 0. The maximum Gasteiger partial charge on any atom is 0.130 e. The molecule has 0 saturated heterocycles. The average molecular weight is 257 g/mol. The summed E-state index contributed by atoms with van der Waals surface area (Å²) in [5.74, 6) is 0.594. The van der Waals surface area contributed by atoms with Gasteiger partial charge in [-0.3, -0.25) is 0 Å². The normalized spacial score (nSPS) is 33.7. The molecule has 0 aliphatic heterocycles. The van der Waals surface area contributed by atoms with Gasteiger partial charge in [-0.15, -0.1) is 0 Å². The van der Waals surface area contributed by atoms with E-state index in [1.165, 1.54) is 6.07 Å². The van der Waals surface area contributed by atoms with Crippen molar-refractivity contribution in [3.8, 4) is 0 Å². The summed E-state index contributed by atoms with van der Waals surface area (Å²) in [6.07, 6.45) is 2.17. The second-order valence-electron chi connectivity index (χ2n) is 5.35. The van der Waals surface area contributed by atoms with E-state index in [2.05, 4.69) is 13.8 Å². The fourth-order valence-corrected chi connectivity index (χ4v) is 2.86. The maximum atomic E-state index is 13.9. The molecule has 1 aliphatic rings.